The number of benzene rings is 3. The third-order valence-corrected chi connectivity index (χ3v) is 6.75. The summed E-state index contributed by atoms with van der Waals surface area (Å²) in [6.45, 7) is 0. The van der Waals surface area contributed by atoms with Crippen LogP contribution in [0.2, 0.25) is 0 Å². The van der Waals surface area contributed by atoms with Gasteiger partial charge in [0.25, 0.3) is 0 Å². The maximum atomic E-state index is 14.4. The summed E-state index contributed by atoms with van der Waals surface area (Å²) >= 11 is 0. The van der Waals surface area contributed by atoms with Crippen molar-refractivity contribution in [1.29, 1.82) is 0 Å². The zero-order valence-corrected chi connectivity index (χ0v) is 20.2. The van der Waals surface area contributed by atoms with Crippen molar-refractivity contribution in [3.05, 3.63) is 89.0 Å². The number of imidazole rings is 3. The number of carboxylic acids is 1. The molecule has 0 atom stereocenters. The summed E-state index contributed by atoms with van der Waals surface area (Å²) in [6.07, 6.45) is 3.43. The second-order valence-electron chi connectivity index (χ2n) is 8.94. The zero-order chi connectivity index (χ0) is 26.0. The highest BCUT2D eigenvalue weighted by Crippen LogP contribution is 2.32. The molecule has 0 fully saturated rings. The molecule has 3 heterocycles. The number of aryl methyl sites for hydroxylation is 3. The van der Waals surface area contributed by atoms with Gasteiger partial charge >= 0.3 is 11.7 Å². The first kappa shape index (κ1) is 22.5. The molecule has 3 aromatic carbocycles. The Morgan fingerprint density at radius 2 is 1.59 bits per heavy atom. The topological polar surface area (TPSA) is 99.9 Å². The highest BCUT2D eigenvalue weighted by atomic mass is 19.1. The van der Waals surface area contributed by atoms with Crippen molar-refractivity contribution < 1.29 is 14.3 Å². The molecule has 0 radical (unpaired) electrons. The van der Waals surface area contributed by atoms with Crippen LogP contribution in [0.1, 0.15) is 10.4 Å². The van der Waals surface area contributed by atoms with Crippen LogP contribution < -0.4 is 5.69 Å². The smallest absolute Gasteiger partial charge is 0.338 e. The van der Waals surface area contributed by atoms with E-state index in [-0.39, 0.29) is 11.3 Å². The molecule has 0 aliphatic rings. The van der Waals surface area contributed by atoms with Crippen molar-refractivity contribution in [2.75, 3.05) is 0 Å². The van der Waals surface area contributed by atoms with E-state index >= 15 is 0 Å². The fourth-order valence-corrected chi connectivity index (χ4v) is 4.77. The number of aromatic nitrogens is 6. The molecule has 0 amide bonds. The van der Waals surface area contributed by atoms with Crippen molar-refractivity contribution in [2.24, 2.45) is 21.1 Å². The molecule has 0 saturated carbocycles. The van der Waals surface area contributed by atoms with Crippen LogP contribution in [0.25, 0.3) is 50.4 Å². The summed E-state index contributed by atoms with van der Waals surface area (Å²) in [7, 11) is 5.36. The quantitative estimate of drug-likeness (QED) is 0.396. The maximum Gasteiger partial charge on any atom is 0.338 e. The van der Waals surface area contributed by atoms with E-state index in [0.717, 1.165) is 27.9 Å². The van der Waals surface area contributed by atoms with Crippen LogP contribution in [0.3, 0.4) is 0 Å². The lowest BCUT2D eigenvalue weighted by atomic mass is 10.0. The molecule has 3 aromatic heterocycles. The minimum absolute atomic E-state index is 0.111. The largest absolute Gasteiger partial charge is 0.478 e. The molecule has 0 bridgehead atoms. The number of carboxylic acid groups (broad SMARTS) is 1. The molecule has 0 spiro atoms. The Bertz CT molecular complexity index is 1940. The first-order valence-corrected chi connectivity index (χ1v) is 11.4. The van der Waals surface area contributed by atoms with Crippen LogP contribution in [0.15, 0.2) is 71.9 Å². The molecule has 10 heteroatoms. The van der Waals surface area contributed by atoms with Gasteiger partial charge in [0.2, 0.25) is 0 Å². The van der Waals surface area contributed by atoms with Crippen molar-refractivity contribution in [3.63, 3.8) is 0 Å². The molecule has 6 aromatic rings. The van der Waals surface area contributed by atoms with E-state index < -0.39 is 11.8 Å². The number of halogens is 1. The highest BCUT2D eigenvalue weighted by Gasteiger charge is 2.19. The Kier molecular flexibility index (Phi) is 4.87. The molecule has 0 aliphatic heterocycles. The molecular formula is C27H21FN6O3. The number of nitrogens with zero attached hydrogens (tertiary/aromatic N) is 6. The van der Waals surface area contributed by atoms with E-state index in [4.69, 9.17) is 10.1 Å². The van der Waals surface area contributed by atoms with Gasteiger partial charge in [0.05, 0.1) is 40.2 Å². The SMILES string of the molecule is Cn1cncc1-c1nc2cc(-c3ccc(C(=O)O)c(F)c3)ccc2n1-c1ccc2c(c1)n(C)c(=O)n2C. The first-order chi connectivity index (χ1) is 17.7. The Morgan fingerprint density at radius 3 is 2.30 bits per heavy atom. The molecule has 1 N–H and O–H groups in total. The average molecular weight is 497 g/mol. The lowest BCUT2D eigenvalue weighted by Crippen LogP contribution is -2.19. The fourth-order valence-electron chi connectivity index (χ4n) is 4.77. The van der Waals surface area contributed by atoms with Gasteiger partial charge in [-0.05, 0) is 53.6 Å². The van der Waals surface area contributed by atoms with Crippen LogP contribution >= 0.6 is 0 Å². The number of hydrogen-bond acceptors (Lipinski definition) is 4. The van der Waals surface area contributed by atoms with E-state index in [9.17, 15) is 14.0 Å². The monoisotopic (exact) mass is 496 g/mol. The van der Waals surface area contributed by atoms with E-state index in [2.05, 4.69) is 4.98 Å². The molecule has 0 saturated heterocycles. The summed E-state index contributed by atoms with van der Waals surface area (Å²) < 4.78 is 21.5. The van der Waals surface area contributed by atoms with Gasteiger partial charge < -0.3 is 9.67 Å². The van der Waals surface area contributed by atoms with E-state index in [1.165, 1.54) is 12.1 Å². The standard InChI is InChI=1S/C27H21FN6O3/c1-31-14-29-13-24(31)25-30-20-11-16(15-4-7-18(26(35)36)19(28)10-15)5-8-21(20)34(25)17-6-9-22-23(12-17)33(3)27(37)32(22)2/h4-14H,1-3H3,(H,35,36). The van der Waals surface area contributed by atoms with Gasteiger partial charge in [0.1, 0.15) is 11.5 Å². The van der Waals surface area contributed by atoms with Gasteiger partial charge in [0, 0.05) is 26.8 Å². The van der Waals surface area contributed by atoms with E-state index in [0.29, 0.717) is 22.5 Å². The normalized spacial score (nSPS) is 11.6. The van der Waals surface area contributed by atoms with Gasteiger partial charge in [-0.15, -0.1) is 0 Å². The number of rotatable bonds is 4. The second kappa shape index (κ2) is 8.02. The summed E-state index contributed by atoms with van der Waals surface area (Å²) in [4.78, 5) is 32.9. The molecule has 0 unspecified atom stereocenters. The number of carbonyl (C=O) groups is 1. The van der Waals surface area contributed by atoms with Gasteiger partial charge in [-0.3, -0.25) is 13.7 Å². The van der Waals surface area contributed by atoms with E-state index in [1.807, 2.05) is 52.6 Å². The number of hydrogen-bond donors (Lipinski definition) is 1. The summed E-state index contributed by atoms with van der Waals surface area (Å²) in [5, 5.41) is 9.14. The van der Waals surface area contributed by atoms with Crippen molar-refractivity contribution in [2.45, 2.75) is 0 Å². The van der Waals surface area contributed by atoms with Crippen LogP contribution in [-0.4, -0.2) is 39.3 Å². The lowest BCUT2D eigenvalue weighted by Gasteiger charge is -2.11. The van der Waals surface area contributed by atoms with Gasteiger partial charge in [0.15, 0.2) is 5.82 Å². The summed E-state index contributed by atoms with van der Waals surface area (Å²) in [6, 6.07) is 15.4. The zero-order valence-electron chi connectivity index (χ0n) is 20.2. The number of fused-ring (bicyclic) bond motifs is 2. The second-order valence-corrected chi connectivity index (χ2v) is 8.94. The van der Waals surface area contributed by atoms with Crippen LogP contribution in [-0.2, 0) is 21.1 Å². The minimum atomic E-state index is -1.31. The van der Waals surface area contributed by atoms with Crippen LogP contribution in [0.4, 0.5) is 4.39 Å². The van der Waals surface area contributed by atoms with Gasteiger partial charge in [-0.25, -0.2) is 23.9 Å². The highest BCUT2D eigenvalue weighted by molar-refractivity contribution is 5.90. The summed E-state index contributed by atoms with van der Waals surface area (Å²) in [5.41, 5.74) is 5.44. The summed E-state index contributed by atoms with van der Waals surface area (Å²) in [5.74, 6) is -1.46. The fraction of sp³-hybridized carbons (Fsp3) is 0.111. The van der Waals surface area contributed by atoms with Crippen molar-refractivity contribution >= 4 is 28.0 Å². The Labute approximate surface area is 209 Å². The molecule has 37 heavy (non-hydrogen) atoms. The average Bonchev–Trinajstić information content (AvgIpc) is 3.54. The third-order valence-electron chi connectivity index (χ3n) is 6.75. The van der Waals surface area contributed by atoms with Crippen LogP contribution in [0.5, 0.6) is 0 Å². The Balaban J connectivity index is 1.59. The van der Waals surface area contributed by atoms with Crippen molar-refractivity contribution in [1.82, 2.24) is 28.2 Å². The Hall–Kier alpha value is -4.99. The molecule has 6 rings (SSSR count). The maximum absolute atomic E-state index is 14.4. The lowest BCUT2D eigenvalue weighted by molar-refractivity contribution is 0.0692. The molecule has 9 nitrogen and oxygen atoms in total. The van der Waals surface area contributed by atoms with Crippen LogP contribution in [0, 0.1) is 5.82 Å². The Morgan fingerprint density at radius 1 is 0.892 bits per heavy atom. The predicted molar refractivity (Wildman–Crippen MR) is 137 cm³/mol. The van der Waals surface area contributed by atoms with Crippen molar-refractivity contribution in [3.8, 4) is 28.3 Å². The third kappa shape index (κ3) is 3.37. The first-order valence-electron chi connectivity index (χ1n) is 11.4. The minimum Gasteiger partial charge on any atom is -0.478 e. The number of aromatic carboxylic acids is 1. The van der Waals surface area contributed by atoms with E-state index in [1.54, 1.807) is 41.8 Å². The van der Waals surface area contributed by atoms with Gasteiger partial charge in [-0.1, -0.05) is 12.1 Å². The molecule has 184 valence electrons. The molecule has 0 aliphatic carbocycles. The predicted octanol–water partition coefficient (Wildman–Crippen LogP) is 4.12. The van der Waals surface area contributed by atoms with Gasteiger partial charge in [-0.2, -0.15) is 0 Å². The molecular weight excluding hydrogens is 475 g/mol.